The summed E-state index contributed by atoms with van der Waals surface area (Å²) in [7, 11) is 0. The summed E-state index contributed by atoms with van der Waals surface area (Å²) >= 11 is 0. The Balaban J connectivity index is 0.000000720. The molecule has 0 radical (unpaired) electrons. The Hall–Kier alpha value is -1.22. The summed E-state index contributed by atoms with van der Waals surface area (Å²) < 4.78 is 0. The van der Waals surface area contributed by atoms with Crippen LogP contribution in [0.1, 0.15) is 15.9 Å². The number of hydrogen-bond donors (Lipinski definition) is 0. The molecule has 0 spiro atoms. The number of fused-ring (bicyclic) bond motifs is 1. The smallest absolute Gasteiger partial charge is 0.265 e. The van der Waals surface area contributed by atoms with Crippen LogP contribution < -0.4 is 0 Å². The summed E-state index contributed by atoms with van der Waals surface area (Å²) in [5.74, 6) is -0.230. The lowest BCUT2D eigenvalue weighted by molar-refractivity contribution is 0.0988. The first-order valence-electron chi connectivity index (χ1n) is 3.37. The van der Waals surface area contributed by atoms with Crippen molar-refractivity contribution in [1.29, 1.82) is 0 Å². The van der Waals surface area contributed by atoms with Crippen LogP contribution in [0.2, 0.25) is 0 Å². The third-order valence-corrected chi connectivity index (χ3v) is 1.65. The molecule has 0 unspecified atom stereocenters. The van der Waals surface area contributed by atoms with Crippen molar-refractivity contribution < 1.29 is 4.79 Å². The van der Waals surface area contributed by atoms with Gasteiger partial charge in [-0.2, -0.15) is 5.11 Å². The summed E-state index contributed by atoms with van der Waals surface area (Å²) in [5, 5.41) is 7.13. The molecule has 0 saturated heterocycles. The standard InChI is InChI=1S/C8H6N2O.ClH/c11-8-7-4-2-1-3-6(7)5-9-10-8;/h1-4H,5H2;1H. The third kappa shape index (κ3) is 1.36. The van der Waals surface area contributed by atoms with Crippen molar-refractivity contribution in [3.8, 4) is 0 Å². The van der Waals surface area contributed by atoms with E-state index in [4.69, 9.17) is 0 Å². The molecule has 0 atom stereocenters. The van der Waals surface area contributed by atoms with E-state index in [1.165, 1.54) is 0 Å². The van der Waals surface area contributed by atoms with E-state index >= 15 is 0 Å². The van der Waals surface area contributed by atoms with E-state index < -0.39 is 0 Å². The molecule has 0 fully saturated rings. The lowest BCUT2D eigenvalue weighted by Gasteiger charge is -2.05. The van der Waals surface area contributed by atoms with Crippen molar-refractivity contribution in [1.82, 2.24) is 0 Å². The lowest BCUT2D eigenvalue weighted by Crippen LogP contribution is -2.03. The number of carbonyl (C=O) groups excluding carboxylic acids is 1. The highest BCUT2D eigenvalue weighted by molar-refractivity contribution is 5.96. The van der Waals surface area contributed by atoms with E-state index in [0.29, 0.717) is 12.1 Å². The lowest BCUT2D eigenvalue weighted by atomic mass is 10.1. The Morgan fingerprint density at radius 3 is 2.75 bits per heavy atom. The number of nitrogens with zero attached hydrogens (tertiary/aromatic N) is 2. The zero-order chi connectivity index (χ0) is 7.68. The number of carbonyl (C=O) groups is 1. The summed E-state index contributed by atoms with van der Waals surface area (Å²) in [5.41, 5.74) is 1.65. The Bertz CT molecular complexity index is 336. The molecule has 1 amide bonds. The molecule has 3 nitrogen and oxygen atoms in total. The largest absolute Gasteiger partial charge is 0.295 e. The molecule has 62 valence electrons. The van der Waals surface area contributed by atoms with Gasteiger partial charge in [-0.3, -0.25) is 4.79 Å². The van der Waals surface area contributed by atoms with Crippen LogP contribution in [0.4, 0.5) is 0 Å². The zero-order valence-electron chi connectivity index (χ0n) is 6.23. The number of halogens is 1. The number of benzene rings is 1. The molecule has 1 aromatic rings. The molecule has 0 aliphatic carbocycles. The van der Waals surface area contributed by atoms with Crippen molar-refractivity contribution >= 4 is 18.3 Å². The van der Waals surface area contributed by atoms with E-state index in [1.807, 2.05) is 18.2 Å². The minimum Gasteiger partial charge on any atom is -0.265 e. The molecule has 1 aliphatic rings. The van der Waals surface area contributed by atoms with Crippen molar-refractivity contribution in [3.63, 3.8) is 0 Å². The van der Waals surface area contributed by atoms with Crippen LogP contribution in [-0.2, 0) is 6.54 Å². The van der Waals surface area contributed by atoms with Gasteiger partial charge in [-0.15, -0.1) is 17.5 Å². The van der Waals surface area contributed by atoms with E-state index in [0.717, 1.165) is 5.56 Å². The molecule has 0 N–H and O–H groups in total. The second-order valence-electron chi connectivity index (χ2n) is 2.36. The number of hydrogen-bond acceptors (Lipinski definition) is 2. The maximum absolute atomic E-state index is 11.0. The molecular formula is C8H7ClN2O. The summed E-state index contributed by atoms with van der Waals surface area (Å²) in [6, 6.07) is 7.39. The Kier molecular flexibility index (Phi) is 2.55. The highest BCUT2D eigenvalue weighted by Gasteiger charge is 2.12. The van der Waals surface area contributed by atoms with Crippen LogP contribution >= 0.6 is 12.4 Å². The maximum Gasteiger partial charge on any atom is 0.295 e. The van der Waals surface area contributed by atoms with Crippen molar-refractivity contribution in [3.05, 3.63) is 35.4 Å². The second-order valence-corrected chi connectivity index (χ2v) is 2.36. The fourth-order valence-electron chi connectivity index (χ4n) is 1.10. The molecule has 0 saturated carbocycles. The first-order valence-corrected chi connectivity index (χ1v) is 3.37. The van der Waals surface area contributed by atoms with Crippen LogP contribution in [0.3, 0.4) is 0 Å². The van der Waals surface area contributed by atoms with Gasteiger partial charge in [0.2, 0.25) is 0 Å². The van der Waals surface area contributed by atoms with Gasteiger partial charge in [0.1, 0.15) is 0 Å². The average Bonchev–Trinajstić information content (AvgIpc) is 2.06. The molecule has 12 heavy (non-hydrogen) atoms. The van der Waals surface area contributed by atoms with Crippen LogP contribution in [0, 0.1) is 0 Å². The predicted molar refractivity (Wildman–Crippen MR) is 46.6 cm³/mol. The summed E-state index contributed by atoms with van der Waals surface area (Å²) in [6.07, 6.45) is 0. The summed E-state index contributed by atoms with van der Waals surface area (Å²) in [4.78, 5) is 11.0. The Morgan fingerprint density at radius 1 is 1.25 bits per heavy atom. The van der Waals surface area contributed by atoms with Crippen LogP contribution in [0.25, 0.3) is 0 Å². The van der Waals surface area contributed by atoms with E-state index in [2.05, 4.69) is 10.2 Å². The van der Waals surface area contributed by atoms with Gasteiger partial charge in [0.15, 0.2) is 0 Å². The predicted octanol–water partition coefficient (Wildman–Crippen LogP) is 2.21. The molecule has 0 bridgehead atoms. The van der Waals surface area contributed by atoms with Crippen molar-refractivity contribution in [2.24, 2.45) is 10.2 Å². The minimum atomic E-state index is -0.230. The van der Waals surface area contributed by atoms with E-state index in [1.54, 1.807) is 6.07 Å². The first-order chi connectivity index (χ1) is 5.38. The van der Waals surface area contributed by atoms with E-state index in [9.17, 15) is 4.79 Å². The van der Waals surface area contributed by atoms with Gasteiger partial charge >= 0.3 is 0 Å². The third-order valence-electron chi connectivity index (χ3n) is 1.65. The number of amides is 1. The van der Waals surface area contributed by atoms with Gasteiger partial charge in [0.05, 0.1) is 6.54 Å². The van der Waals surface area contributed by atoms with Gasteiger partial charge in [-0.1, -0.05) is 18.2 Å². The zero-order valence-corrected chi connectivity index (χ0v) is 7.04. The van der Waals surface area contributed by atoms with Gasteiger partial charge in [-0.25, -0.2) is 0 Å². The first kappa shape index (κ1) is 8.87. The van der Waals surface area contributed by atoms with Crippen molar-refractivity contribution in [2.75, 3.05) is 0 Å². The molecule has 4 heteroatoms. The fourth-order valence-corrected chi connectivity index (χ4v) is 1.10. The molecule has 0 aromatic heterocycles. The van der Waals surface area contributed by atoms with Gasteiger partial charge in [0.25, 0.3) is 5.91 Å². The average molecular weight is 183 g/mol. The maximum atomic E-state index is 11.0. The SMILES string of the molecule is Cl.O=C1N=NCc2ccccc21. The van der Waals surface area contributed by atoms with Crippen LogP contribution in [0.15, 0.2) is 34.5 Å². The number of azo groups is 1. The Labute approximate surface area is 75.9 Å². The molecule has 1 heterocycles. The van der Waals surface area contributed by atoms with Crippen LogP contribution in [0.5, 0.6) is 0 Å². The molecular weight excluding hydrogens is 176 g/mol. The van der Waals surface area contributed by atoms with Crippen molar-refractivity contribution in [2.45, 2.75) is 6.54 Å². The van der Waals surface area contributed by atoms with Gasteiger partial charge < -0.3 is 0 Å². The Morgan fingerprint density at radius 2 is 2.00 bits per heavy atom. The van der Waals surface area contributed by atoms with Gasteiger partial charge in [-0.05, 0) is 11.6 Å². The fraction of sp³-hybridized carbons (Fsp3) is 0.125. The monoisotopic (exact) mass is 182 g/mol. The molecule has 2 rings (SSSR count). The highest BCUT2D eigenvalue weighted by Crippen LogP contribution is 2.15. The number of rotatable bonds is 0. The summed E-state index contributed by atoms with van der Waals surface area (Å²) in [6.45, 7) is 0.530. The van der Waals surface area contributed by atoms with Crippen LogP contribution in [-0.4, -0.2) is 5.91 Å². The topological polar surface area (TPSA) is 41.8 Å². The van der Waals surface area contributed by atoms with E-state index in [-0.39, 0.29) is 18.3 Å². The highest BCUT2D eigenvalue weighted by atomic mass is 35.5. The molecule has 1 aliphatic heterocycles. The quantitative estimate of drug-likeness (QED) is 0.607. The molecule has 1 aromatic carbocycles. The van der Waals surface area contributed by atoms with Gasteiger partial charge in [0, 0.05) is 5.56 Å². The second kappa shape index (κ2) is 3.45. The normalized spacial score (nSPS) is 13.5. The minimum absolute atomic E-state index is 0.